The third-order valence-corrected chi connectivity index (χ3v) is 2.44. The number of amides is 1. The van der Waals surface area contributed by atoms with E-state index in [9.17, 15) is 4.79 Å². The molecule has 1 aliphatic rings. The van der Waals surface area contributed by atoms with Crippen LogP contribution in [0.5, 0.6) is 0 Å². The van der Waals surface area contributed by atoms with E-state index in [1.54, 1.807) is 0 Å². The number of nitrogens with zero attached hydrogens (tertiary/aromatic N) is 1. The molecule has 0 spiro atoms. The van der Waals surface area contributed by atoms with Crippen LogP contribution in [0.2, 0.25) is 0 Å². The number of rotatable bonds is 5. The normalized spacial score (nSPS) is 18.1. The van der Waals surface area contributed by atoms with E-state index in [4.69, 9.17) is 0 Å². The number of nitrogens with one attached hydrogen (secondary N) is 2. The van der Waals surface area contributed by atoms with Crippen LogP contribution in [-0.4, -0.2) is 50.1 Å². The van der Waals surface area contributed by atoms with E-state index in [0.29, 0.717) is 6.42 Å². The van der Waals surface area contributed by atoms with Gasteiger partial charge in [-0.2, -0.15) is 0 Å². The van der Waals surface area contributed by atoms with E-state index in [-0.39, 0.29) is 5.91 Å². The van der Waals surface area contributed by atoms with Gasteiger partial charge in [0.1, 0.15) is 0 Å². The molecule has 0 aromatic carbocycles. The van der Waals surface area contributed by atoms with E-state index in [1.165, 1.54) is 0 Å². The monoisotopic (exact) mass is 199 g/mol. The van der Waals surface area contributed by atoms with Crippen molar-refractivity contribution in [2.45, 2.75) is 19.8 Å². The summed E-state index contributed by atoms with van der Waals surface area (Å²) in [6.45, 7) is 8.02. The Morgan fingerprint density at radius 2 is 2.14 bits per heavy atom. The van der Waals surface area contributed by atoms with Crippen molar-refractivity contribution in [1.82, 2.24) is 15.5 Å². The van der Waals surface area contributed by atoms with E-state index in [0.717, 1.165) is 45.7 Å². The first-order chi connectivity index (χ1) is 6.83. The molecule has 82 valence electrons. The lowest BCUT2D eigenvalue weighted by atomic mass is 10.3. The van der Waals surface area contributed by atoms with E-state index >= 15 is 0 Å². The Balaban J connectivity index is 2.03. The van der Waals surface area contributed by atoms with Crippen LogP contribution in [0, 0.1) is 0 Å². The maximum absolute atomic E-state index is 11.3. The van der Waals surface area contributed by atoms with Gasteiger partial charge < -0.3 is 15.5 Å². The molecule has 1 saturated heterocycles. The van der Waals surface area contributed by atoms with Crippen LogP contribution in [0.4, 0.5) is 0 Å². The minimum absolute atomic E-state index is 0.186. The Morgan fingerprint density at radius 3 is 2.79 bits per heavy atom. The standard InChI is InChI=1S/C10H21N3O/c1-2-4-12-10(14)3-7-13-8-5-11-6-9-13/h11H,2-9H2,1H3,(H,12,14). The average molecular weight is 199 g/mol. The van der Waals surface area contributed by atoms with Gasteiger partial charge in [-0.3, -0.25) is 4.79 Å². The highest BCUT2D eigenvalue weighted by Crippen LogP contribution is 1.94. The van der Waals surface area contributed by atoms with Crippen LogP contribution in [-0.2, 0) is 4.79 Å². The number of hydrogen-bond donors (Lipinski definition) is 2. The fraction of sp³-hybridized carbons (Fsp3) is 0.900. The van der Waals surface area contributed by atoms with Crippen LogP contribution in [0.15, 0.2) is 0 Å². The zero-order chi connectivity index (χ0) is 10.2. The van der Waals surface area contributed by atoms with Gasteiger partial charge in [0, 0.05) is 45.7 Å². The Morgan fingerprint density at radius 1 is 1.43 bits per heavy atom. The Kier molecular flexibility index (Phi) is 5.56. The molecule has 1 amide bonds. The van der Waals surface area contributed by atoms with Gasteiger partial charge in [0.25, 0.3) is 0 Å². The van der Waals surface area contributed by atoms with Crippen LogP contribution in [0.25, 0.3) is 0 Å². The highest BCUT2D eigenvalue weighted by molar-refractivity contribution is 5.75. The van der Waals surface area contributed by atoms with E-state index in [2.05, 4.69) is 22.5 Å². The van der Waals surface area contributed by atoms with Crippen molar-refractivity contribution in [2.24, 2.45) is 0 Å². The fourth-order valence-electron chi connectivity index (χ4n) is 1.55. The second-order valence-electron chi connectivity index (χ2n) is 3.69. The molecular weight excluding hydrogens is 178 g/mol. The fourth-order valence-corrected chi connectivity index (χ4v) is 1.55. The lowest BCUT2D eigenvalue weighted by molar-refractivity contribution is -0.121. The summed E-state index contributed by atoms with van der Waals surface area (Å²) in [7, 11) is 0. The molecule has 1 rings (SSSR count). The number of carbonyl (C=O) groups excluding carboxylic acids is 1. The predicted molar refractivity (Wildman–Crippen MR) is 57.2 cm³/mol. The zero-order valence-electron chi connectivity index (χ0n) is 9.01. The maximum Gasteiger partial charge on any atom is 0.221 e. The van der Waals surface area contributed by atoms with Crippen molar-refractivity contribution in [3.8, 4) is 0 Å². The Bertz CT molecular complexity index is 167. The summed E-state index contributed by atoms with van der Waals surface area (Å²) in [6, 6.07) is 0. The number of carbonyl (C=O) groups is 1. The highest BCUT2D eigenvalue weighted by Gasteiger charge is 2.10. The van der Waals surface area contributed by atoms with Crippen molar-refractivity contribution >= 4 is 5.91 Å². The number of hydrogen-bond acceptors (Lipinski definition) is 3. The molecule has 4 nitrogen and oxygen atoms in total. The van der Waals surface area contributed by atoms with Gasteiger partial charge in [-0.05, 0) is 6.42 Å². The first kappa shape index (κ1) is 11.5. The first-order valence-corrected chi connectivity index (χ1v) is 5.52. The van der Waals surface area contributed by atoms with Gasteiger partial charge in [-0.15, -0.1) is 0 Å². The van der Waals surface area contributed by atoms with Gasteiger partial charge in [0.2, 0.25) is 5.91 Å². The molecule has 4 heteroatoms. The summed E-state index contributed by atoms with van der Waals surface area (Å²) < 4.78 is 0. The van der Waals surface area contributed by atoms with Crippen molar-refractivity contribution in [3.63, 3.8) is 0 Å². The van der Waals surface area contributed by atoms with E-state index < -0.39 is 0 Å². The Hall–Kier alpha value is -0.610. The quantitative estimate of drug-likeness (QED) is 0.645. The van der Waals surface area contributed by atoms with Crippen LogP contribution in [0.3, 0.4) is 0 Å². The SMILES string of the molecule is CCCNC(=O)CCN1CCNCC1. The molecule has 0 saturated carbocycles. The summed E-state index contributed by atoms with van der Waals surface area (Å²) in [5.74, 6) is 0.186. The second-order valence-corrected chi connectivity index (χ2v) is 3.69. The summed E-state index contributed by atoms with van der Waals surface area (Å²) in [6.07, 6.45) is 1.65. The summed E-state index contributed by atoms with van der Waals surface area (Å²) in [5.41, 5.74) is 0. The zero-order valence-corrected chi connectivity index (χ0v) is 9.01. The molecule has 1 aliphatic heterocycles. The molecule has 1 fully saturated rings. The summed E-state index contributed by atoms with van der Waals surface area (Å²) >= 11 is 0. The van der Waals surface area contributed by atoms with Gasteiger partial charge in [-0.25, -0.2) is 0 Å². The van der Waals surface area contributed by atoms with Crippen molar-refractivity contribution < 1.29 is 4.79 Å². The van der Waals surface area contributed by atoms with E-state index in [1.807, 2.05) is 0 Å². The molecule has 0 radical (unpaired) electrons. The lowest BCUT2D eigenvalue weighted by Crippen LogP contribution is -2.44. The minimum Gasteiger partial charge on any atom is -0.356 e. The minimum atomic E-state index is 0.186. The summed E-state index contributed by atoms with van der Waals surface area (Å²) in [4.78, 5) is 13.6. The smallest absolute Gasteiger partial charge is 0.221 e. The first-order valence-electron chi connectivity index (χ1n) is 5.52. The largest absolute Gasteiger partial charge is 0.356 e. The van der Waals surface area contributed by atoms with Crippen molar-refractivity contribution in [1.29, 1.82) is 0 Å². The maximum atomic E-state index is 11.3. The molecule has 1 heterocycles. The third kappa shape index (κ3) is 4.58. The molecular formula is C10H21N3O. The number of piperazine rings is 1. The molecule has 0 atom stereocenters. The third-order valence-electron chi connectivity index (χ3n) is 2.44. The second kappa shape index (κ2) is 6.79. The van der Waals surface area contributed by atoms with Crippen LogP contribution < -0.4 is 10.6 Å². The molecule has 0 aromatic rings. The molecule has 0 unspecified atom stereocenters. The Labute approximate surface area is 86.0 Å². The van der Waals surface area contributed by atoms with Gasteiger partial charge in [0.05, 0.1) is 0 Å². The van der Waals surface area contributed by atoms with Gasteiger partial charge >= 0.3 is 0 Å². The van der Waals surface area contributed by atoms with Crippen molar-refractivity contribution in [3.05, 3.63) is 0 Å². The van der Waals surface area contributed by atoms with Gasteiger partial charge in [-0.1, -0.05) is 6.92 Å². The predicted octanol–water partition coefficient (Wildman–Crippen LogP) is -0.192. The molecule has 0 aromatic heterocycles. The molecule has 2 N–H and O–H groups in total. The molecule has 0 aliphatic carbocycles. The van der Waals surface area contributed by atoms with Crippen LogP contribution >= 0.6 is 0 Å². The summed E-state index contributed by atoms with van der Waals surface area (Å²) in [5, 5.41) is 6.19. The van der Waals surface area contributed by atoms with Gasteiger partial charge in [0.15, 0.2) is 0 Å². The van der Waals surface area contributed by atoms with Crippen LogP contribution in [0.1, 0.15) is 19.8 Å². The average Bonchev–Trinajstić information content (AvgIpc) is 2.25. The topological polar surface area (TPSA) is 44.4 Å². The molecule has 14 heavy (non-hydrogen) atoms. The van der Waals surface area contributed by atoms with Crippen molar-refractivity contribution in [2.75, 3.05) is 39.3 Å². The lowest BCUT2D eigenvalue weighted by Gasteiger charge is -2.26. The molecule has 0 bridgehead atoms. The highest BCUT2D eigenvalue weighted by atomic mass is 16.1.